The maximum atomic E-state index is 14.1. The van der Waals surface area contributed by atoms with Crippen LogP contribution in [0.5, 0.6) is 5.88 Å². The number of hydrogen-bond donors (Lipinski definition) is 3. The van der Waals surface area contributed by atoms with E-state index in [1.807, 2.05) is 4.90 Å². The largest absolute Gasteiger partial charge is 0.480 e. The number of piperidine rings is 1. The average molecular weight is 596 g/mol. The molecule has 40 heavy (non-hydrogen) atoms. The molecule has 3 heterocycles. The lowest BCUT2D eigenvalue weighted by Gasteiger charge is -2.39. The molecule has 1 aromatic heterocycles. The summed E-state index contributed by atoms with van der Waals surface area (Å²) in [5.74, 6) is -1.02. The van der Waals surface area contributed by atoms with Gasteiger partial charge in [-0.05, 0) is 47.9 Å². The van der Waals surface area contributed by atoms with Gasteiger partial charge in [-0.15, -0.1) is 0 Å². The highest BCUT2D eigenvalue weighted by Crippen LogP contribution is 2.41. The smallest absolute Gasteiger partial charge is 0.429 e. The normalized spacial score (nSPS) is 19.5. The van der Waals surface area contributed by atoms with Crippen LogP contribution in [0.4, 0.5) is 24.9 Å². The number of anilines is 2. The van der Waals surface area contributed by atoms with Gasteiger partial charge in [0.15, 0.2) is 0 Å². The lowest BCUT2D eigenvalue weighted by molar-refractivity contribution is -0.198. The van der Waals surface area contributed by atoms with Crippen LogP contribution in [0.3, 0.4) is 0 Å². The van der Waals surface area contributed by atoms with Crippen LogP contribution in [0.2, 0.25) is 10.0 Å². The Morgan fingerprint density at radius 3 is 2.35 bits per heavy atom. The van der Waals surface area contributed by atoms with Crippen LogP contribution >= 0.6 is 23.2 Å². The number of alkyl halides is 3. The van der Waals surface area contributed by atoms with Crippen LogP contribution in [-0.4, -0.2) is 52.9 Å². The van der Waals surface area contributed by atoms with Crippen molar-refractivity contribution in [3.63, 3.8) is 0 Å². The number of carbonyl (C=O) groups is 1. The van der Waals surface area contributed by atoms with Crippen LogP contribution in [0, 0.1) is 5.41 Å². The maximum absolute atomic E-state index is 14.1. The summed E-state index contributed by atoms with van der Waals surface area (Å²) in [5.41, 5.74) is 6.97. The third-order valence-corrected chi connectivity index (χ3v) is 8.25. The van der Waals surface area contributed by atoms with Crippen molar-refractivity contribution >= 4 is 40.9 Å². The van der Waals surface area contributed by atoms with Crippen LogP contribution in [0.15, 0.2) is 48.5 Å². The number of nitrogens with two attached hydrogens (primary N) is 1. The first-order chi connectivity index (χ1) is 18.9. The highest BCUT2D eigenvalue weighted by Gasteiger charge is 2.45. The summed E-state index contributed by atoms with van der Waals surface area (Å²) in [6, 6.07) is 11.5. The highest BCUT2D eigenvalue weighted by atomic mass is 35.5. The molecular formula is C27H26Cl2F3N5O3. The van der Waals surface area contributed by atoms with E-state index in [1.165, 1.54) is 18.2 Å². The standard InChI is InChI=1S/C27H26Cl2F3N5O3/c28-18-6-5-17(11-19(18)29)15-1-3-16(4-2-15)23(27(30,31)32)40-22-12-21(35-25(33)36-22)37-9-7-26(8-10-37)13-20(24(38)39)34-14-26/h1-6,11-12,20,23,34H,7-10,13-14H2,(H,38,39)(H2,33,35,36)/t20-,23?/m0/s1. The molecule has 2 atom stereocenters. The van der Waals surface area contributed by atoms with Gasteiger partial charge in [-0.2, -0.15) is 23.1 Å². The molecule has 1 spiro atoms. The topological polar surface area (TPSA) is 114 Å². The van der Waals surface area contributed by atoms with E-state index in [2.05, 4.69) is 15.3 Å². The van der Waals surface area contributed by atoms with Gasteiger partial charge in [0.2, 0.25) is 17.9 Å². The zero-order chi connectivity index (χ0) is 28.7. The Morgan fingerprint density at radius 2 is 1.75 bits per heavy atom. The fourth-order valence-electron chi connectivity index (χ4n) is 5.31. The predicted molar refractivity (Wildman–Crippen MR) is 146 cm³/mol. The van der Waals surface area contributed by atoms with Gasteiger partial charge < -0.3 is 25.8 Å². The summed E-state index contributed by atoms with van der Waals surface area (Å²) in [7, 11) is 0. The summed E-state index contributed by atoms with van der Waals surface area (Å²) in [6.45, 7) is 1.70. The van der Waals surface area contributed by atoms with Crippen LogP contribution < -0.4 is 20.7 Å². The lowest BCUT2D eigenvalue weighted by Crippen LogP contribution is -2.41. The number of nitrogen functional groups attached to an aromatic ring is 1. The number of ether oxygens (including phenoxy) is 1. The zero-order valence-corrected chi connectivity index (χ0v) is 22.6. The van der Waals surface area contributed by atoms with Crippen molar-refractivity contribution in [1.29, 1.82) is 0 Å². The fraction of sp³-hybridized carbons (Fsp3) is 0.370. The Hall–Kier alpha value is -3.28. The minimum atomic E-state index is -4.74. The first kappa shape index (κ1) is 28.3. The first-order valence-electron chi connectivity index (χ1n) is 12.6. The summed E-state index contributed by atoms with van der Waals surface area (Å²) in [5, 5.41) is 13.1. The van der Waals surface area contributed by atoms with E-state index in [0.717, 1.165) is 0 Å². The van der Waals surface area contributed by atoms with Crippen molar-refractivity contribution in [1.82, 2.24) is 15.3 Å². The molecule has 212 valence electrons. The van der Waals surface area contributed by atoms with E-state index in [4.69, 9.17) is 33.7 Å². The Kier molecular flexibility index (Phi) is 7.73. The third kappa shape index (κ3) is 6.06. The Labute approximate surface area is 238 Å². The monoisotopic (exact) mass is 595 g/mol. The SMILES string of the molecule is Nc1nc(OC(c2ccc(-c3ccc(Cl)c(Cl)c3)cc2)C(F)(F)F)cc(N2CCC3(CC2)CN[C@H](C(=O)O)C3)n1. The first-order valence-corrected chi connectivity index (χ1v) is 13.3. The van der Waals surface area contributed by atoms with Gasteiger partial charge in [-0.3, -0.25) is 4.79 Å². The Balaban J connectivity index is 1.32. The van der Waals surface area contributed by atoms with Gasteiger partial charge in [0.25, 0.3) is 0 Å². The molecule has 0 aliphatic carbocycles. The third-order valence-electron chi connectivity index (χ3n) is 7.52. The second-order valence-electron chi connectivity index (χ2n) is 10.2. The number of aromatic nitrogens is 2. The van der Waals surface area contributed by atoms with E-state index in [0.29, 0.717) is 65.9 Å². The zero-order valence-electron chi connectivity index (χ0n) is 21.1. The quantitative estimate of drug-likeness (QED) is 0.330. The van der Waals surface area contributed by atoms with E-state index >= 15 is 0 Å². The predicted octanol–water partition coefficient (Wildman–Crippen LogP) is 5.75. The molecule has 5 rings (SSSR count). The molecule has 0 saturated carbocycles. The number of carboxylic acids is 1. The molecule has 13 heteroatoms. The van der Waals surface area contributed by atoms with Gasteiger partial charge in [0.1, 0.15) is 11.9 Å². The number of nitrogens with zero attached hydrogens (tertiary/aromatic N) is 3. The van der Waals surface area contributed by atoms with Crippen LogP contribution in [0.1, 0.15) is 30.9 Å². The Morgan fingerprint density at radius 1 is 1.07 bits per heavy atom. The number of rotatable bonds is 6. The van der Waals surface area contributed by atoms with Gasteiger partial charge in [-0.1, -0.05) is 53.5 Å². The van der Waals surface area contributed by atoms with Gasteiger partial charge in [0.05, 0.1) is 10.0 Å². The molecule has 2 saturated heterocycles. The molecule has 2 fully saturated rings. The van der Waals surface area contributed by atoms with Crippen molar-refractivity contribution in [3.8, 4) is 17.0 Å². The number of carboxylic acid groups (broad SMARTS) is 1. The maximum Gasteiger partial charge on any atom is 0.429 e. The average Bonchev–Trinajstić information content (AvgIpc) is 3.32. The van der Waals surface area contributed by atoms with E-state index in [9.17, 15) is 23.1 Å². The molecule has 0 amide bonds. The molecule has 0 radical (unpaired) electrons. The van der Waals surface area contributed by atoms with Crippen molar-refractivity contribution in [2.45, 2.75) is 37.6 Å². The summed E-state index contributed by atoms with van der Waals surface area (Å²) >= 11 is 12.0. The summed E-state index contributed by atoms with van der Waals surface area (Å²) < 4.78 is 47.8. The second-order valence-corrected chi connectivity index (χ2v) is 11.0. The fourth-order valence-corrected chi connectivity index (χ4v) is 5.60. The highest BCUT2D eigenvalue weighted by molar-refractivity contribution is 6.42. The van der Waals surface area contributed by atoms with Crippen molar-refractivity contribution in [3.05, 3.63) is 64.1 Å². The molecule has 2 aromatic carbocycles. The minimum Gasteiger partial charge on any atom is -0.480 e. The van der Waals surface area contributed by atoms with Crippen LogP contribution in [0.25, 0.3) is 11.1 Å². The molecule has 8 nitrogen and oxygen atoms in total. The van der Waals surface area contributed by atoms with Crippen molar-refractivity contribution < 1.29 is 27.8 Å². The molecule has 4 N–H and O–H groups in total. The molecule has 2 aliphatic heterocycles. The summed E-state index contributed by atoms with van der Waals surface area (Å²) in [4.78, 5) is 21.4. The van der Waals surface area contributed by atoms with Crippen LogP contribution in [-0.2, 0) is 4.79 Å². The van der Waals surface area contributed by atoms with Gasteiger partial charge >= 0.3 is 12.1 Å². The van der Waals surface area contributed by atoms with E-state index < -0.39 is 24.3 Å². The molecule has 1 unspecified atom stereocenters. The van der Waals surface area contributed by atoms with Gasteiger partial charge in [-0.25, -0.2) is 0 Å². The number of hydrogen-bond acceptors (Lipinski definition) is 7. The molecule has 2 aliphatic rings. The molecular weight excluding hydrogens is 570 g/mol. The van der Waals surface area contributed by atoms with E-state index in [-0.39, 0.29) is 22.8 Å². The number of benzene rings is 2. The van der Waals surface area contributed by atoms with Crippen molar-refractivity contribution in [2.24, 2.45) is 5.41 Å². The minimum absolute atomic E-state index is 0.114. The molecule has 0 bridgehead atoms. The Bertz CT molecular complexity index is 1400. The van der Waals surface area contributed by atoms with Gasteiger partial charge in [0, 0.05) is 31.3 Å². The second kappa shape index (κ2) is 10.9. The van der Waals surface area contributed by atoms with E-state index in [1.54, 1.807) is 30.3 Å². The number of nitrogens with one attached hydrogen (secondary N) is 1. The lowest BCUT2D eigenvalue weighted by atomic mass is 9.76. The summed E-state index contributed by atoms with van der Waals surface area (Å²) in [6.07, 6.45) is -5.08. The van der Waals surface area contributed by atoms with Crippen molar-refractivity contribution in [2.75, 3.05) is 30.3 Å². The number of halogens is 5. The number of aliphatic carboxylic acids is 1. The molecule has 3 aromatic rings.